The molecule has 0 aliphatic rings. The van der Waals surface area contributed by atoms with E-state index in [0.717, 1.165) is 17.1 Å². The van der Waals surface area contributed by atoms with E-state index in [1.807, 2.05) is 0 Å². The van der Waals surface area contributed by atoms with Gasteiger partial charge in [-0.15, -0.1) is 0 Å². The predicted octanol–water partition coefficient (Wildman–Crippen LogP) is -0.166. The molecule has 1 atom stereocenters. The summed E-state index contributed by atoms with van der Waals surface area (Å²) in [7, 11) is -2.84. The highest BCUT2D eigenvalue weighted by atomic mass is 32.2. The van der Waals surface area contributed by atoms with E-state index in [0.29, 0.717) is 0 Å². The Balaban J connectivity index is 2.89. The molecule has 0 bridgehead atoms. The highest BCUT2D eigenvalue weighted by Crippen LogP contribution is 2.12. The number of carboxylic acids is 1. The highest BCUT2D eigenvalue weighted by Gasteiger charge is 2.27. The molecule has 0 unspecified atom stereocenters. The molecule has 0 saturated carbocycles. The number of carbonyl (C=O) groups is 2. The molecule has 124 valence electrons. The second-order valence-corrected chi connectivity index (χ2v) is 6.81. The maximum absolute atomic E-state index is 12.2. The Bertz CT molecular complexity index is 637. The molecule has 0 amide bonds. The maximum Gasteiger partial charge on any atom is 0.327 e. The predicted molar refractivity (Wildman–Crippen MR) is 75.4 cm³/mol. The number of hydrogen-bond acceptors (Lipinski definition) is 6. The lowest BCUT2D eigenvalue weighted by atomic mass is 10.1. The summed E-state index contributed by atoms with van der Waals surface area (Å²) in [5.74, 6) is -1.83. The maximum atomic E-state index is 12.2. The normalized spacial score (nSPS) is 13.1. The molecule has 0 spiro atoms. The van der Waals surface area contributed by atoms with Gasteiger partial charge in [0, 0.05) is 6.20 Å². The third kappa shape index (κ3) is 5.11. The van der Waals surface area contributed by atoms with Crippen LogP contribution in [0, 0.1) is 5.92 Å². The van der Waals surface area contributed by atoms with Crippen LogP contribution < -0.4 is 4.72 Å². The average molecular weight is 333 g/mol. The Morgan fingerprint density at radius 1 is 1.45 bits per heavy atom. The molecule has 1 rings (SSSR count). The van der Waals surface area contributed by atoms with Crippen LogP contribution in [0.5, 0.6) is 0 Å². The van der Waals surface area contributed by atoms with Crippen LogP contribution in [0.1, 0.15) is 20.3 Å². The number of ether oxygens (including phenoxy) is 1. The van der Waals surface area contributed by atoms with Crippen molar-refractivity contribution in [3.05, 3.63) is 12.4 Å². The molecule has 10 heteroatoms. The van der Waals surface area contributed by atoms with Crippen molar-refractivity contribution >= 4 is 22.0 Å². The topological polar surface area (TPSA) is 128 Å². The van der Waals surface area contributed by atoms with Crippen LogP contribution in [0.2, 0.25) is 0 Å². The number of carboxylic acid groups (broad SMARTS) is 1. The van der Waals surface area contributed by atoms with E-state index in [1.165, 1.54) is 7.11 Å². The van der Waals surface area contributed by atoms with Crippen LogP contribution in [-0.4, -0.2) is 48.4 Å². The van der Waals surface area contributed by atoms with Crippen molar-refractivity contribution in [2.24, 2.45) is 5.92 Å². The fraction of sp³-hybridized carbons (Fsp3) is 0.583. The molecule has 0 aromatic carbocycles. The number of sulfonamides is 1. The summed E-state index contributed by atoms with van der Waals surface area (Å²) < 4.78 is 32.0. The first-order chi connectivity index (χ1) is 10.2. The Morgan fingerprint density at radius 2 is 2.09 bits per heavy atom. The smallest absolute Gasteiger partial charge is 0.327 e. The zero-order valence-corrected chi connectivity index (χ0v) is 13.3. The van der Waals surface area contributed by atoms with Crippen LogP contribution in [0.15, 0.2) is 17.3 Å². The van der Waals surface area contributed by atoms with E-state index >= 15 is 0 Å². The third-order valence-electron chi connectivity index (χ3n) is 2.74. The molecule has 0 aliphatic heterocycles. The molecule has 2 N–H and O–H groups in total. The monoisotopic (exact) mass is 333 g/mol. The number of aliphatic carboxylic acids is 1. The average Bonchev–Trinajstić information content (AvgIpc) is 2.86. The number of nitrogens with one attached hydrogen (secondary N) is 1. The molecule has 0 fully saturated rings. The van der Waals surface area contributed by atoms with E-state index in [1.54, 1.807) is 13.8 Å². The van der Waals surface area contributed by atoms with Crippen LogP contribution >= 0.6 is 0 Å². The van der Waals surface area contributed by atoms with Gasteiger partial charge in [-0.1, -0.05) is 13.8 Å². The van der Waals surface area contributed by atoms with Crippen molar-refractivity contribution < 1.29 is 27.9 Å². The van der Waals surface area contributed by atoms with E-state index < -0.39 is 28.0 Å². The van der Waals surface area contributed by atoms with Crippen molar-refractivity contribution in [3.63, 3.8) is 0 Å². The largest absolute Gasteiger partial charge is 0.480 e. The summed E-state index contributed by atoms with van der Waals surface area (Å²) >= 11 is 0. The first-order valence-corrected chi connectivity index (χ1v) is 7.98. The first-order valence-electron chi connectivity index (χ1n) is 6.50. The van der Waals surface area contributed by atoms with Gasteiger partial charge < -0.3 is 9.84 Å². The lowest BCUT2D eigenvalue weighted by Crippen LogP contribution is -2.41. The summed E-state index contributed by atoms with van der Waals surface area (Å²) in [6.07, 6.45) is 2.33. The number of esters is 1. The van der Waals surface area contributed by atoms with Gasteiger partial charge in [0.15, 0.2) is 0 Å². The van der Waals surface area contributed by atoms with Crippen molar-refractivity contribution in [2.45, 2.75) is 37.8 Å². The number of methoxy groups -OCH3 is 1. The van der Waals surface area contributed by atoms with Gasteiger partial charge in [0.05, 0.1) is 13.3 Å². The molecule has 1 aromatic rings. The van der Waals surface area contributed by atoms with Gasteiger partial charge in [-0.25, -0.2) is 8.42 Å². The zero-order chi connectivity index (χ0) is 16.9. The summed E-state index contributed by atoms with van der Waals surface area (Å²) in [6, 6.07) is -1.23. The Hall–Kier alpha value is -1.94. The van der Waals surface area contributed by atoms with Crippen molar-refractivity contribution in [2.75, 3.05) is 7.11 Å². The fourth-order valence-electron chi connectivity index (χ4n) is 1.69. The zero-order valence-electron chi connectivity index (χ0n) is 12.5. The van der Waals surface area contributed by atoms with Crippen molar-refractivity contribution in [3.8, 4) is 0 Å². The summed E-state index contributed by atoms with van der Waals surface area (Å²) in [6.45, 7) is 3.34. The molecular formula is C12H19N3O6S. The van der Waals surface area contributed by atoms with E-state index in [9.17, 15) is 18.0 Å². The van der Waals surface area contributed by atoms with Crippen LogP contribution in [0.25, 0.3) is 0 Å². The molecule has 0 aliphatic carbocycles. The lowest BCUT2D eigenvalue weighted by Gasteiger charge is -2.15. The van der Waals surface area contributed by atoms with Gasteiger partial charge in [-0.2, -0.15) is 9.82 Å². The van der Waals surface area contributed by atoms with Gasteiger partial charge >= 0.3 is 11.9 Å². The first kappa shape index (κ1) is 18.1. The van der Waals surface area contributed by atoms with Crippen LogP contribution in [0.3, 0.4) is 0 Å². The van der Waals surface area contributed by atoms with Crippen molar-refractivity contribution in [1.82, 2.24) is 14.5 Å². The van der Waals surface area contributed by atoms with Crippen LogP contribution in [0.4, 0.5) is 0 Å². The quantitative estimate of drug-likeness (QED) is 0.632. The Labute approximate surface area is 128 Å². The second-order valence-electron chi connectivity index (χ2n) is 5.09. The number of carbonyl (C=O) groups excluding carboxylic acids is 1. The standard InChI is InChI=1S/C12H19N3O6S/c1-8(2)4-10(12(17)18)14-22(19,20)9-5-13-15(6-9)7-11(16)21-3/h5-6,8,10,14H,4,7H2,1-3H3,(H,17,18)/t10-/m0/s1. The Morgan fingerprint density at radius 3 is 2.59 bits per heavy atom. The fourth-order valence-corrected chi connectivity index (χ4v) is 2.85. The van der Waals surface area contributed by atoms with Gasteiger partial charge in [0.25, 0.3) is 0 Å². The minimum absolute atomic E-state index is 0.00541. The lowest BCUT2D eigenvalue weighted by molar-refractivity contribution is -0.141. The second kappa shape index (κ2) is 7.36. The van der Waals surface area contributed by atoms with E-state index in [4.69, 9.17) is 5.11 Å². The minimum Gasteiger partial charge on any atom is -0.480 e. The molecule has 22 heavy (non-hydrogen) atoms. The highest BCUT2D eigenvalue weighted by molar-refractivity contribution is 7.89. The SMILES string of the molecule is COC(=O)Cn1cc(S(=O)(=O)N[C@@H](CC(C)C)C(=O)O)cn1. The van der Waals surface area contributed by atoms with Gasteiger partial charge in [0.1, 0.15) is 17.5 Å². The van der Waals surface area contributed by atoms with Gasteiger partial charge in [-0.05, 0) is 12.3 Å². The minimum atomic E-state index is -4.04. The Kier molecular flexibility index (Phi) is 6.06. The number of hydrogen-bond donors (Lipinski definition) is 2. The van der Waals surface area contributed by atoms with Gasteiger partial charge in [0.2, 0.25) is 10.0 Å². The summed E-state index contributed by atoms with van der Waals surface area (Å²) in [5, 5.41) is 12.8. The molecule has 0 radical (unpaired) electrons. The molecule has 1 heterocycles. The number of rotatable bonds is 8. The molecule has 0 saturated heterocycles. The van der Waals surface area contributed by atoms with Crippen LogP contribution in [-0.2, 0) is 30.9 Å². The summed E-state index contributed by atoms with van der Waals surface area (Å²) in [4.78, 5) is 22.0. The molecule has 1 aromatic heterocycles. The molecule has 9 nitrogen and oxygen atoms in total. The summed E-state index contributed by atoms with van der Waals surface area (Å²) in [5.41, 5.74) is 0. The molecular weight excluding hydrogens is 314 g/mol. The van der Waals surface area contributed by atoms with Gasteiger partial charge in [-0.3, -0.25) is 14.3 Å². The third-order valence-corrected chi connectivity index (χ3v) is 4.17. The van der Waals surface area contributed by atoms with E-state index in [2.05, 4.69) is 14.6 Å². The number of nitrogens with zero attached hydrogens (tertiary/aromatic N) is 2. The van der Waals surface area contributed by atoms with Crippen molar-refractivity contribution in [1.29, 1.82) is 0 Å². The van der Waals surface area contributed by atoms with E-state index in [-0.39, 0.29) is 23.8 Å². The number of aromatic nitrogens is 2.